The number of carboxylic acids is 1. The number of carbonyl (C=O) groups is 1. The Balaban J connectivity index is 1.74. The van der Waals surface area contributed by atoms with Crippen molar-refractivity contribution in [2.24, 2.45) is 0 Å². The number of fused-ring (bicyclic) bond motifs is 1. The molecule has 0 radical (unpaired) electrons. The fourth-order valence-corrected chi connectivity index (χ4v) is 4.03. The second kappa shape index (κ2) is 8.63. The van der Waals surface area contributed by atoms with Crippen molar-refractivity contribution in [3.63, 3.8) is 0 Å². The van der Waals surface area contributed by atoms with Crippen LogP contribution in [0.4, 0.5) is 23.0 Å². The summed E-state index contributed by atoms with van der Waals surface area (Å²) in [4.78, 5) is 29.8. The number of nitro benzene ring substituents is 1. The highest BCUT2D eigenvalue weighted by Crippen LogP contribution is 2.30. The van der Waals surface area contributed by atoms with E-state index < -0.39 is 26.7 Å². The summed E-state index contributed by atoms with van der Waals surface area (Å²) in [6, 6.07) is 14.7. The standard InChI is InChI=1S/C21H15N5O7S/c27-18-11-12(5-10-15(18)21(28)29)22-19-20(24-17-4-2-1-3-16(17)23-19)25-34(32,33)14-8-6-13(7-9-14)26(30)31/h1-11,27H,(H,22,23)(H,24,25)(H,28,29). The van der Waals surface area contributed by atoms with Crippen LogP contribution in [0.5, 0.6) is 5.75 Å². The van der Waals surface area contributed by atoms with Crippen LogP contribution in [0.3, 0.4) is 0 Å². The fraction of sp³-hybridized carbons (Fsp3) is 0. The Kier molecular flexibility index (Phi) is 5.69. The molecule has 0 unspecified atom stereocenters. The third kappa shape index (κ3) is 4.54. The third-order valence-electron chi connectivity index (χ3n) is 4.65. The van der Waals surface area contributed by atoms with Crippen molar-refractivity contribution < 1.29 is 28.3 Å². The number of hydrogen-bond donors (Lipinski definition) is 4. The van der Waals surface area contributed by atoms with E-state index in [-0.39, 0.29) is 33.5 Å². The van der Waals surface area contributed by atoms with Gasteiger partial charge in [0.1, 0.15) is 11.3 Å². The first kappa shape index (κ1) is 22.4. The second-order valence-corrected chi connectivity index (χ2v) is 8.61. The number of aromatic nitrogens is 2. The maximum atomic E-state index is 12.9. The molecule has 4 aromatic rings. The van der Waals surface area contributed by atoms with E-state index in [1.807, 2.05) is 0 Å². The van der Waals surface area contributed by atoms with E-state index >= 15 is 0 Å². The lowest BCUT2D eigenvalue weighted by atomic mass is 10.2. The monoisotopic (exact) mass is 481 g/mol. The first-order valence-electron chi connectivity index (χ1n) is 9.51. The molecule has 13 heteroatoms. The first-order valence-corrected chi connectivity index (χ1v) is 11.0. The minimum absolute atomic E-state index is 0.0216. The summed E-state index contributed by atoms with van der Waals surface area (Å²) in [7, 11) is -4.21. The van der Waals surface area contributed by atoms with E-state index in [1.165, 1.54) is 12.1 Å². The van der Waals surface area contributed by atoms with Crippen LogP contribution >= 0.6 is 0 Å². The number of aromatic carboxylic acids is 1. The van der Waals surface area contributed by atoms with Gasteiger partial charge in [0.25, 0.3) is 15.7 Å². The predicted octanol–water partition coefficient (Wildman–Crippen LogP) is 3.49. The third-order valence-corrected chi connectivity index (χ3v) is 6.01. The van der Waals surface area contributed by atoms with Gasteiger partial charge < -0.3 is 15.5 Å². The maximum absolute atomic E-state index is 12.9. The van der Waals surface area contributed by atoms with Crippen LogP contribution in [0.2, 0.25) is 0 Å². The molecule has 4 rings (SSSR count). The highest BCUT2D eigenvalue weighted by molar-refractivity contribution is 7.92. The molecule has 0 atom stereocenters. The average molecular weight is 481 g/mol. The number of non-ortho nitro benzene ring substituents is 1. The van der Waals surface area contributed by atoms with E-state index in [0.29, 0.717) is 11.0 Å². The summed E-state index contributed by atoms with van der Waals surface area (Å²) >= 11 is 0. The summed E-state index contributed by atoms with van der Waals surface area (Å²) in [6.07, 6.45) is 0. The number of phenols is 1. The first-order chi connectivity index (χ1) is 16.1. The van der Waals surface area contributed by atoms with Crippen LogP contribution in [-0.4, -0.2) is 39.5 Å². The molecule has 0 saturated heterocycles. The molecule has 0 aliphatic heterocycles. The fourth-order valence-electron chi connectivity index (χ4n) is 3.02. The van der Waals surface area contributed by atoms with E-state index in [9.17, 15) is 28.4 Å². The summed E-state index contributed by atoms with van der Waals surface area (Å²) < 4.78 is 28.1. The number of nitro groups is 1. The lowest BCUT2D eigenvalue weighted by molar-refractivity contribution is -0.384. The Hall–Kier alpha value is -4.78. The topological polar surface area (TPSA) is 185 Å². The molecule has 1 heterocycles. The normalized spacial score (nSPS) is 11.2. The summed E-state index contributed by atoms with van der Waals surface area (Å²) in [6.45, 7) is 0. The van der Waals surface area contributed by atoms with Crippen molar-refractivity contribution in [3.05, 3.63) is 82.4 Å². The molecule has 0 aliphatic rings. The molecule has 0 bridgehead atoms. The average Bonchev–Trinajstić information content (AvgIpc) is 2.79. The van der Waals surface area contributed by atoms with Gasteiger partial charge in [-0.2, -0.15) is 0 Å². The molecule has 0 amide bonds. The highest BCUT2D eigenvalue weighted by Gasteiger charge is 2.20. The molecule has 12 nitrogen and oxygen atoms in total. The molecule has 0 saturated carbocycles. The highest BCUT2D eigenvalue weighted by atomic mass is 32.2. The molecule has 0 aliphatic carbocycles. The van der Waals surface area contributed by atoms with Crippen molar-refractivity contribution in [3.8, 4) is 5.75 Å². The maximum Gasteiger partial charge on any atom is 0.339 e. The van der Waals surface area contributed by atoms with Crippen molar-refractivity contribution in [2.45, 2.75) is 4.90 Å². The van der Waals surface area contributed by atoms with Crippen LogP contribution in [0, 0.1) is 10.1 Å². The number of anilines is 3. The van der Waals surface area contributed by atoms with Crippen molar-refractivity contribution in [1.82, 2.24) is 9.97 Å². The molecule has 0 spiro atoms. The van der Waals surface area contributed by atoms with E-state index in [0.717, 1.165) is 30.3 Å². The Morgan fingerprint density at radius 3 is 2.12 bits per heavy atom. The molecule has 172 valence electrons. The Bertz CT molecular complexity index is 1540. The van der Waals surface area contributed by atoms with Crippen LogP contribution in [0.1, 0.15) is 10.4 Å². The number of nitrogens with zero attached hydrogens (tertiary/aromatic N) is 3. The van der Waals surface area contributed by atoms with Gasteiger partial charge in [-0.05, 0) is 36.4 Å². The Morgan fingerprint density at radius 1 is 0.941 bits per heavy atom. The largest absolute Gasteiger partial charge is 0.507 e. The number of carboxylic acid groups (broad SMARTS) is 1. The molecule has 3 aromatic carbocycles. The molecule has 4 N–H and O–H groups in total. The van der Waals surface area contributed by atoms with Crippen LogP contribution in [0.25, 0.3) is 11.0 Å². The Labute approximate surface area is 191 Å². The summed E-state index contributed by atoms with van der Waals surface area (Å²) in [5, 5.41) is 32.7. The second-order valence-electron chi connectivity index (χ2n) is 6.93. The minimum atomic E-state index is -4.21. The van der Waals surface area contributed by atoms with Crippen LogP contribution in [-0.2, 0) is 10.0 Å². The van der Waals surface area contributed by atoms with Gasteiger partial charge in [-0.1, -0.05) is 12.1 Å². The smallest absolute Gasteiger partial charge is 0.339 e. The van der Waals surface area contributed by atoms with Crippen molar-refractivity contribution in [2.75, 3.05) is 10.0 Å². The van der Waals surface area contributed by atoms with Gasteiger partial charge in [0.2, 0.25) is 0 Å². The van der Waals surface area contributed by atoms with Crippen LogP contribution in [0.15, 0.2) is 71.6 Å². The van der Waals surface area contributed by atoms with Gasteiger partial charge in [-0.15, -0.1) is 0 Å². The molecular formula is C21H15N5O7S. The summed E-state index contributed by atoms with van der Waals surface area (Å²) in [5.41, 5.74) is 0.474. The zero-order chi connectivity index (χ0) is 24.5. The minimum Gasteiger partial charge on any atom is -0.507 e. The van der Waals surface area contributed by atoms with E-state index in [1.54, 1.807) is 24.3 Å². The van der Waals surface area contributed by atoms with E-state index in [4.69, 9.17) is 5.11 Å². The van der Waals surface area contributed by atoms with Crippen molar-refractivity contribution in [1.29, 1.82) is 0 Å². The SMILES string of the molecule is O=C(O)c1ccc(Nc2nc3ccccc3nc2NS(=O)(=O)c2ccc([N+](=O)[O-])cc2)cc1O. The summed E-state index contributed by atoms with van der Waals surface area (Å²) in [5.74, 6) is -2.02. The van der Waals surface area contributed by atoms with Gasteiger partial charge in [0, 0.05) is 23.9 Å². The number of benzene rings is 3. The quantitative estimate of drug-likeness (QED) is 0.225. The van der Waals surface area contributed by atoms with E-state index in [2.05, 4.69) is 20.0 Å². The molecule has 0 fully saturated rings. The predicted molar refractivity (Wildman–Crippen MR) is 122 cm³/mol. The number of aromatic hydroxyl groups is 1. The number of para-hydroxylation sites is 2. The Morgan fingerprint density at radius 2 is 1.56 bits per heavy atom. The zero-order valence-corrected chi connectivity index (χ0v) is 17.9. The number of nitrogens with one attached hydrogen (secondary N) is 2. The van der Waals surface area contributed by atoms with Gasteiger partial charge in [-0.3, -0.25) is 14.8 Å². The lowest BCUT2D eigenvalue weighted by Crippen LogP contribution is -2.16. The molecule has 34 heavy (non-hydrogen) atoms. The molecule has 1 aromatic heterocycles. The lowest BCUT2D eigenvalue weighted by Gasteiger charge is -2.14. The number of sulfonamides is 1. The number of hydrogen-bond acceptors (Lipinski definition) is 9. The van der Waals surface area contributed by atoms with Gasteiger partial charge >= 0.3 is 5.97 Å². The van der Waals surface area contributed by atoms with Gasteiger partial charge in [0.15, 0.2) is 11.6 Å². The van der Waals surface area contributed by atoms with Gasteiger partial charge in [-0.25, -0.2) is 23.2 Å². The van der Waals surface area contributed by atoms with Gasteiger partial charge in [0.05, 0.1) is 20.9 Å². The van der Waals surface area contributed by atoms with Crippen molar-refractivity contribution >= 4 is 50.0 Å². The molecular weight excluding hydrogens is 466 g/mol. The zero-order valence-electron chi connectivity index (χ0n) is 17.0. The number of rotatable bonds is 7. The van der Waals surface area contributed by atoms with Crippen LogP contribution < -0.4 is 10.0 Å².